The summed E-state index contributed by atoms with van der Waals surface area (Å²) in [6, 6.07) is 5.68. The SMILES string of the molecule is C[C@H](OC(=O)CCC(=O)c1cccs1)C(=O)NC1(C#N)CCCCC1. The van der Waals surface area contributed by atoms with E-state index in [0.29, 0.717) is 17.7 Å². The molecule has 2 rings (SSSR count). The van der Waals surface area contributed by atoms with Crippen molar-refractivity contribution < 1.29 is 19.1 Å². The first kappa shape index (κ1) is 19.1. The van der Waals surface area contributed by atoms with E-state index < -0.39 is 23.5 Å². The standard InChI is InChI=1S/C18H22N2O4S/c1-13(17(23)20-18(12-19)9-3-2-4-10-18)24-16(22)8-7-14(21)15-6-5-11-25-15/h5-6,11,13H,2-4,7-10H2,1H3,(H,20,23)/t13-/m0/s1. The lowest BCUT2D eigenvalue weighted by Crippen LogP contribution is -2.52. The van der Waals surface area contributed by atoms with E-state index in [1.807, 2.05) is 0 Å². The number of rotatable bonds is 7. The monoisotopic (exact) mass is 362 g/mol. The number of carbonyl (C=O) groups is 3. The van der Waals surface area contributed by atoms with E-state index in [1.54, 1.807) is 17.5 Å². The molecule has 0 bridgehead atoms. The Morgan fingerprint density at radius 3 is 2.64 bits per heavy atom. The number of hydrogen-bond donors (Lipinski definition) is 1. The zero-order valence-corrected chi connectivity index (χ0v) is 15.1. The van der Waals surface area contributed by atoms with Crippen molar-refractivity contribution in [2.45, 2.75) is 63.5 Å². The van der Waals surface area contributed by atoms with Gasteiger partial charge in [-0.1, -0.05) is 25.3 Å². The zero-order chi connectivity index (χ0) is 18.3. The second-order valence-electron chi connectivity index (χ2n) is 6.28. The second kappa shape index (κ2) is 8.77. The molecule has 1 aromatic rings. The van der Waals surface area contributed by atoms with Crippen LogP contribution in [0, 0.1) is 11.3 Å². The van der Waals surface area contributed by atoms with E-state index in [-0.39, 0.29) is 18.6 Å². The predicted octanol–water partition coefficient (Wildman–Crippen LogP) is 2.99. The molecule has 134 valence electrons. The number of ketones is 1. The van der Waals surface area contributed by atoms with Crippen molar-refractivity contribution in [2.24, 2.45) is 0 Å². The van der Waals surface area contributed by atoms with Crippen LogP contribution in [0.4, 0.5) is 0 Å². The highest BCUT2D eigenvalue weighted by atomic mass is 32.1. The van der Waals surface area contributed by atoms with Crippen LogP contribution in [0.3, 0.4) is 0 Å². The minimum absolute atomic E-state index is 0.0514. The quantitative estimate of drug-likeness (QED) is 0.594. The van der Waals surface area contributed by atoms with Crippen molar-refractivity contribution in [1.29, 1.82) is 5.26 Å². The Hall–Kier alpha value is -2.20. The third-order valence-electron chi connectivity index (χ3n) is 4.31. The number of nitriles is 1. The second-order valence-corrected chi connectivity index (χ2v) is 7.22. The molecule has 25 heavy (non-hydrogen) atoms. The van der Waals surface area contributed by atoms with Crippen LogP contribution in [0.15, 0.2) is 17.5 Å². The van der Waals surface area contributed by atoms with Crippen molar-refractivity contribution in [3.63, 3.8) is 0 Å². The summed E-state index contributed by atoms with van der Waals surface area (Å²) in [5.74, 6) is -1.18. The molecule has 1 heterocycles. The molecule has 1 aliphatic carbocycles. The number of hydrogen-bond acceptors (Lipinski definition) is 6. The van der Waals surface area contributed by atoms with Crippen LogP contribution in [-0.4, -0.2) is 29.3 Å². The highest BCUT2D eigenvalue weighted by Gasteiger charge is 2.35. The summed E-state index contributed by atoms with van der Waals surface area (Å²) < 4.78 is 5.10. The Bertz CT molecular complexity index is 657. The van der Waals surface area contributed by atoms with Gasteiger partial charge in [0.2, 0.25) is 0 Å². The van der Waals surface area contributed by atoms with Gasteiger partial charge in [0.15, 0.2) is 11.9 Å². The van der Waals surface area contributed by atoms with Crippen molar-refractivity contribution in [3.05, 3.63) is 22.4 Å². The molecule has 0 spiro atoms. The third-order valence-corrected chi connectivity index (χ3v) is 5.22. The largest absolute Gasteiger partial charge is 0.453 e. The summed E-state index contributed by atoms with van der Waals surface area (Å²) in [5, 5.41) is 13.9. The van der Waals surface area contributed by atoms with Gasteiger partial charge in [-0.3, -0.25) is 14.4 Å². The molecule has 0 aromatic carbocycles. The Morgan fingerprint density at radius 2 is 2.04 bits per heavy atom. The van der Waals surface area contributed by atoms with Crippen LogP contribution in [0.5, 0.6) is 0 Å². The van der Waals surface area contributed by atoms with Gasteiger partial charge in [0, 0.05) is 6.42 Å². The number of nitrogens with zero attached hydrogens (tertiary/aromatic N) is 1. The van der Waals surface area contributed by atoms with Crippen LogP contribution in [0.2, 0.25) is 0 Å². The number of amides is 1. The Balaban J connectivity index is 1.79. The number of nitrogens with one attached hydrogen (secondary N) is 1. The minimum Gasteiger partial charge on any atom is -0.453 e. The van der Waals surface area contributed by atoms with E-state index in [2.05, 4.69) is 11.4 Å². The minimum atomic E-state index is -0.989. The fraction of sp³-hybridized carbons (Fsp3) is 0.556. The van der Waals surface area contributed by atoms with Gasteiger partial charge in [-0.2, -0.15) is 5.26 Å². The van der Waals surface area contributed by atoms with Crippen LogP contribution in [0.25, 0.3) is 0 Å². The molecule has 0 aliphatic heterocycles. The van der Waals surface area contributed by atoms with Gasteiger partial charge in [0.25, 0.3) is 5.91 Å². The van der Waals surface area contributed by atoms with E-state index in [0.717, 1.165) is 19.3 Å². The van der Waals surface area contributed by atoms with Crippen LogP contribution in [0.1, 0.15) is 61.5 Å². The molecule has 0 saturated heterocycles. The lowest BCUT2D eigenvalue weighted by Gasteiger charge is -2.32. The molecule has 1 fully saturated rings. The van der Waals surface area contributed by atoms with Gasteiger partial charge in [0.05, 0.1) is 17.4 Å². The van der Waals surface area contributed by atoms with Gasteiger partial charge in [-0.05, 0) is 31.2 Å². The van der Waals surface area contributed by atoms with Crippen molar-refractivity contribution in [2.75, 3.05) is 0 Å². The van der Waals surface area contributed by atoms with Crippen molar-refractivity contribution >= 4 is 29.0 Å². The average molecular weight is 362 g/mol. The molecule has 7 heteroatoms. The van der Waals surface area contributed by atoms with Gasteiger partial charge in [0.1, 0.15) is 5.54 Å². The van der Waals surface area contributed by atoms with E-state index in [9.17, 15) is 19.6 Å². The Morgan fingerprint density at radius 1 is 1.32 bits per heavy atom. The number of carbonyl (C=O) groups excluding carboxylic acids is 3. The van der Waals surface area contributed by atoms with Crippen LogP contribution in [-0.2, 0) is 14.3 Å². The maximum absolute atomic E-state index is 12.2. The highest BCUT2D eigenvalue weighted by molar-refractivity contribution is 7.12. The number of ether oxygens (including phenoxy) is 1. The molecule has 1 atom stereocenters. The molecule has 0 radical (unpaired) electrons. The van der Waals surface area contributed by atoms with E-state index in [1.165, 1.54) is 18.3 Å². The topological polar surface area (TPSA) is 96.3 Å². The first-order chi connectivity index (χ1) is 12.0. The summed E-state index contributed by atoms with van der Waals surface area (Å²) in [6.45, 7) is 1.47. The zero-order valence-electron chi connectivity index (χ0n) is 14.2. The number of esters is 1. The Kier molecular flexibility index (Phi) is 6.71. The molecule has 1 amide bonds. The highest BCUT2D eigenvalue weighted by Crippen LogP contribution is 2.27. The summed E-state index contributed by atoms with van der Waals surface area (Å²) >= 11 is 1.33. The molecular weight excluding hydrogens is 340 g/mol. The van der Waals surface area contributed by atoms with Crippen LogP contribution < -0.4 is 5.32 Å². The molecule has 1 saturated carbocycles. The Labute approximate surface area is 151 Å². The smallest absolute Gasteiger partial charge is 0.307 e. The first-order valence-electron chi connectivity index (χ1n) is 8.45. The number of Topliss-reactive ketones (excluding diaryl/α,β-unsaturated/α-hetero) is 1. The van der Waals surface area contributed by atoms with E-state index in [4.69, 9.17) is 4.74 Å². The molecular formula is C18H22N2O4S. The molecule has 1 aromatic heterocycles. The fourth-order valence-corrected chi connectivity index (χ4v) is 3.54. The van der Waals surface area contributed by atoms with E-state index >= 15 is 0 Å². The number of thiophene rings is 1. The first-order valence-corrected chi connectivity index (χ1v) is 9.33. The summed E-state index contributed by atoms with van der Waals surface area (Å²) in [7, 11) is 0. The maximum atomic E-state index is 12.2. The molecule has 0 unspecified atom stereocenters. The van der Waals surface area contributed by atoms with Gasteiger partial charge < -0.3 is 10.1 Å². The summed E-state index contributed by atoms with van der Waals surface area (Å²) in [5.41, 5.74) is -0.856. The van der Waals surface area contributed by atoms with Crippen molar-refractivity contribution in [1.82, 2.24) is 5.32 Å². The molecule has 1 N–H and O–H groups in total. The molecule has 6 nitrogen and oxygen atoms in total. The molecule has 1 aliphatic rings. The van der Waals surface area contributed by atoms with Gasteiger partial charge in [-0.25, -0.2) is 0 Å². The third kappa shape index (κ3) is 5.40. The lowest BCUT2D eigenvalue weighted by atomic mass is 9.83. The summed E-state index contributed by atoms with van der Waals surface area (Å²) in [6.07, 6.45) is 3.07. The van der Waals surface area contributed by atoms with Crippen molar-refractivity contribution in [3.8, 4) is 6.07 Å². The normalized spacial score (nSPS) is 17.1. The average Bonchev–Trinajstić information content (AvgIpc) is 3.15. The van der Waals surface area contributed by atoms with Gasteiger partial charge >= 0.3 is 5.97 Å². The maximum Gasteiger partial charge on any atom is 0.307 e. The fourth-order valence-electron chi connectivity index (χ4n) is 2.84. The summed E-state index contributed by atoms with van der Waals surface area (Å²) in [4.78, 5) is 36.6. The lowest BCUT2D eigenvalue weighted by molar-refractivity contribution is -0.155. The van der Waals surface area contributed by atoms with Gasteiger partial charge in [-0.15, -0.1) is 11.3 Å². The predicted molar refractivity (Wildman–Crippen MR) is 93.0 cm³/mol. The van der Waals surface area contributed by atoms with Crippen LogP contribution >= 0.6 is 11.3 Å².